The predicted molar refractivity (Wildman–Crippen MR) is 112 cm³/mol. The van der Waals surface area contributed by atoms with Gasteiger partial charge in [0.1, 0.15) is 18.1 Å². The van der Waals surface area contributed by atoms with Crippen LogP contribution in [0.4, 0.5) is 0 Å². The zero-order chi connectivity index (χ0) is 23.1. The van der Waals surface area contributed by atoms with E-state index in [9.17, 15) is 29.4 Å². The van der Waals surface area contributed by atoms with E-state index in [4.69, 9.17) is 5.73 Å². The molecule has 1 aromatic heterocycles. The number of nitrogens with zero attached hydrogens (tertiary/aromatic N) is 2. The number of aromatic amines is 1. The first-order chi connectivity index (χ1) is 14.6. The zero-order valence-corrected chi connectivity index (χ0v) is 17.9. The van der Waals surface area contributed by atoms with Crippen LogP contribution >= 0.6 is 12.6 Å². The van der Waals surface area contributed by atoms with Gasteiger partial charge in [0.25, 0.3) is 0 Å². The smallest absolute Gasteiger partial charge is 0.326 e. The van der Waals surface area contributed by atoms with E-state index >= 15 is 0 Å². The van der Waals surface area contributed by atoms with E-state index in [1.54, 1.807) is 0 Å². The molecular formula is C18H28N6O6S. The largest absolute Gasteiger partial charge is 0.480 e. The number of nitrogens with two attached hydrogens (primary N) is 1. The number of aliphatic hydroxyl groups excluding tert-OH is 1. The van der Waals surface area contributed by atoms with Gasteiger partial charge in [0, 0.05) is 30.6 Å². The fourth-order valence-corrected chi connectivity index (χ4v) is 3.46. The van der Waals surface area contributed by atoms with Crippen molar-refractivity contribution in [3.05, 3.63) is 18.2 Å². The molecule has 2 rings (SSSR count). The number of aromatic nitrogens is 2. The Morgan fingerprint density at radius 1 is 1.39 bits per heavy atom. The standard InChI is InChI=1S/C18H28N6O6S/c1-9(25)14(23-15(26)11(19)7-31)17(28)24-4-2-3-13(24)16(27)22-12(18(29)30)5-10-6-20-8-21-10/h6,8-9,11-14,25,31H,2-5,7,19H2,1H3,(H,20,21)(H,22,27)(H,23,26)(H,29,30). The Bertz CT molecular complexity index is 789. The van der Waals surface area contributed by atoms with Gasteiger partial charge in [-0.3, -0.25) is 14.4 Å². The van der Waals surface area contributed by atoms with Crippen molar-refractivity contribution < 1.29 is 29.4 Å². The SMILES string of the molecule is CC(O)C(NC(=O)C(N)CS)C(=O)N1CCCC1C(=O)NC(Cc1cnc[nH]1)C(=O)O. The molecule has 31 heavy (non-hydrogen) atoms. The number of nitrogens with one attached hydrogen (secondary N) is 3. The number of amides is 3. The summed E-state index contributed by atoms with van der Waals surface area (Å²) < 4.78 is 0. The molecule has 1 aromatic rings. The molecule has 0 aromatic carbocycles. The monoisotopic (exact) mass is 456 g/mol. The molecule has 0 saturated carbocycles. The van der Waals surface area contributed by atoms with Crippen molar-refractivity contribution in [3.63, 3.8) is 0 Å². The Balaban J connectivity index is 2.10. The van der Waals surface area contributed by atoms with Crippen LogP contribution in [0.15, 0.2) is 12.5 Å². The van der Waals surface area contributed by atoms with Crippen LogP contribution in [0.5, 0.6) is 0 Å². The second-order valence-electron chi connectivity index (χ2n) is 7.39. The molecule has 1 aliphatic rings. The molecule has 1 fully saturated rings. The number of carbonyl (C=O) groups is 4. The number of H-pyrrole nitrogens is 1. The molecular weight excluding hydrogens is 428 g/mol. The number of hydrogen-bond acceptors (Lipinski definition) is 8. The van der Waals surface area contributed by atoms with Gasteiger partial charge >= 0.3 is 5.97 Å². The summed E-state index contributed by atoms with van der Waals surface area (Å²) in [6.45, 7) is 1.57. The van der Waals surface area contributed by atoms with Crippen LogP contribution in [0.2, 0.25) is 0 Å². The minimum atomic E-state index is -1.30. The van der Waals surface area contributed by atoms with Crippen molar-refractivity contribution in [2.45, 2.75) is 56.5 Å². The number of imidazole rings is 1. The van der Waals surface area contributed by atoms with Crippen molar-refractivity contribution in [1.29, 1.82) is 0 Å². The second-order valence-corrected chi connectivity index (χ2v) is 7.75. The lowest BCUT2D eigenvalue weighted by Gasteiger charge is -2.31. The summed E-state index contributed by atoms with van der Waals surface area (Å²) in [5, 5.41) is 24.3. The Kier molecular flexibility index (Phi) is 8.83. The molecule has 1 saturated heterocycles. The molecule has 2 heterocycles. The second kappa shape index (κ2) is 11.1. The van der Waals surface area contributed by atoms with Crippen molar-refractivity contribution >= 4 is 36.3 Å². The summed E-state index contributed by atoms with van der Waals surface area (Å²) in [5.41, 5.74) is 6.14. The quantitative estimate of drug-likeness (QED) is 0.190. The van der Waals surface area contributed by atoms with Gasteiger partial charge in [-0.25, -0.2) is 9.78 Å². The number of likely N-dealkylation sites (tertiary alicyclic amines) is 1. The first kappa shape index (κ1) is 24.6. The van der Waals surface area contributed by atoms with Crippen LogP contribution in [0, 0.1) is 0 Å². The molecule has 5 unspecified atom stereocenters. The molecule has 0 bridgehead atoms. The van der Waals surface area contributed by atoms with Gasteiger partial charge in [-0.05, 0) is 19.8 Å². The van der Waals surface area contributed by atoms with E-state index in [0.717, 1.165) is 0 Å². The van der Waals surface area contributed by atoms with E-state index in [2.05, 4.69) is 33.2 Å². The molecule has 7 N–H and O–H groups in total. The summed E-state index contributed by atoms with van der Waals surface area (Å²) in [5.74, 6) is -3.10. The van der Waals surface area contributed by atoms with E-state index in [1.807, 2.05) is 0 Å². The summed E-state index contributed by atoms with van der Waals surface area (Å²) in [4.78, 5) is 57.3. The van der Waals surface area contributed by atoms with Crippen LogP contribution < -0.4 is 16.4 Å². The summed E-state index contributed by atoms with van der Waals surface area (Å²) >= 11 is 3.94. The number of aliphatic hydroxyl groups is 1. The molecule has 0 spiro atoms. The third-order valence-corrected chi connectivity index (χ3v) is 5.41. The number of hydrogen-bond donors (Lipinski definition) is 7. The Labute approximate surface area is 184 Å². The average molecular weight is 457 g/mol. The molecule has 0 aliphatic carbocycles. The van der Waals surface area contributed by atoms with Crippen LogP contribution in [-0.2, 0) is 25.6 Å². The number of rotatable bonds is 10. The number of thiol groups is 1. The fourth-order valence-electron chi connectivity index (χ4n) is 3.30. The highest BCUT2D eigenvalue weighted by Crippen LogP contribution is 2.20. The predicted octanol–water partition coefficient (Wildman–Crippen LogP) is -2.36. The molecule has 13 heteroatoms. The first-order valence-electron chi connectivity index (χ1n) is 9.81. The summed E-state index contributed by atoms with van der Waals surface area (Å²) in [6, 6.07) is -4.40. The minimum Gasteiger partial charge on any atom is -0.480 e. The highest BCUT2D eigenvalue weighted by Gasteiger charge is 2.40. The van der Waals surface area contributed by atoms with E-state index < -0.39 is 54.0 Å². The van der Waals surface area contributed by atoms with E-state index in [-0.39, 0.29) is 18.7 Å². The number of aliphatic carboxylic acids is 1. The summed E-state index contributed by atoms with van der Waals surface area (Å²) in [6.07, 6.45) is 2.45. The van der Waals surface area contributed by atoms with Gasteiger partial charge in [-0.2, -0.15) is 12.6 Å². The van der Waals surface area contributed by atoms with Gasteiger partial charge in [-0.15, -0.1) is 0 Å². The van der Waals surface area contributed by atoms with Crippen LogP contribution in [-0.4, -0.2) is 91.3 Å². The lowest BCUT2D eigenvalue weighted by atomic mass is 10.1. The van der Waals surface area contributed by atoms with Crippen molar-refractivity contribution in [2.24, 2.45) is 5.73 Å². The molecule has 5 atom stereocenters. The molecule has 12 nitrogen and oxygen atoms in total. The van der Waals surface area contributed by atoms with Crippen LogP contribution in [0.1, 0.15) is 25.5 Å². The lowest BCUT2D eigenvalue weighted by Crippen LogP contribution is -2.59. The maximum Gasteiger partial charge on any atom is 0.326 e. The fraction of sp³-hybridized carbons (Fsp3) is 0.611. The van der Waals surface area contributed by atoms with Gasteiger partial charge in [0.2, 0.25) is 17.7 Å². The third-order valence-electron chi connectivity index (χ3n) is 5.01. The van der Waals surface area contributed by atoms with Crippen molar-refractivity contribution in [2.75, 3.05) is 12.3 Å². The zero-order valence-electron chi connectivity index (χ0n) is 17.0. The minimum absolute atomic E-state index is 0.00425. The first-order valence-corrected chi connectivity index (χ1v) is 10.4. The average Bonchev–Trinajstić information content (AvgIpc) is 3.41. The Morgan fingerprint density at radius 3 is 2.65 bits per heavy atom. The molecule has 3 amide bonds. The lowest BCUT2D eigenvalue weighted by molar-refractivity contribution is -0.146. The Morgan fingerprint density at radius 2 is 2.10 bits per heavy atom. The van der Waals surface area contributed by atoms with Gasteiger partial charge in [-0.1, -0.05) is 0 Å². The third kappa shape index (κ3) is 6.42. The molecule has 172 valence electrons. The number of carboxylic acids is 1. The Hall–Kier alpha value is -2.64. The number of carboxylic acid groups (broad SMARTS) is 1. The normalized spacial score (nSPS) is 19.9. The van der Waals surface area contributed by atoms with Crippen molar-refractivity contribution in [1.82, 2.24) is 25.5 Å². The maximum absolute atomic E-state index is 13.0. The van der Waals surface area contributed by atoms with E-state index in [1.165, 1.54) is 24.3 Å². The van der Waals surface area contributed by atoms with Crippen LogP contribution in [0.3, 0.4) is 0 Å². The topological polar surface area (TPSA) is 191 Å². The number of carbonyl (C=O) groups excluding carboxylic acids is 3. The maximum atomic E-state index is 13.0. The highest BCUT2D eigenvalue weighted by atomic mass is 32.1. The van der Waals surface area contributed by atoms with Gasteiger partial charge in [0.05, 0.1) is 18.5 Å². The van der Waals surface area contributed by atoms with Gasteiger partial charge < -0.3 is 36.5 Å². The molecule has 1 aliphatic heterocycles. The van der Waals surface area contributed by atoms with Crippen LogP contribution in [0.25, 0.3) is 0 Å². The summed E-state index contributed by atoms with van der Waals surface area (Å²) in [7, 11) is 0. The molecule has 0 radical (unpaired) electrons. The highest BCUT2D eigenvalue weighted by molar-refractivity contribution is 7.80. The van der Waals surface area contributed by atoms with Gasteiger partial charge in [0.15, 0.2) is 0 Å². The van der Waals surface area contributed by atoms with E-state index in [0.29, 0.717) is 18.5 Å². The van der Waals surface area contributed by atoms with Crippen molar-refractivity contribution in [3.8, 4) is 0 Å².